The number of aryl methyl sites for hydroxylation is 1. The molecule has 2 heteroatoms. The Labute approximate surface area is 107 Å². The maximum absolute atomic E-state index is 13.9. The zero-order valence-electron chi connectivity index (χ0n) is 10.6. The molecule has 1 unspecified atom stereocenters. The second-order valence-corrected chi connectivity index (χ2v) is 4.57. The van der Waals surface area contributed by atoms with E-state index in [9.17, 15) is 4.39 Å². The second kappa shape index (κ2) is 5.78. The quantitative estimate of drug-likeness (QED) is 0.872. The number of halogens is 1. The van der Waals surface area contributed by atoms with Crippen LogP contribution < -0.4 is 5.73 Å². The Kier molecular flexibility index (Phi) is 4.11. The van der Waals surface area contributed by atoms with Crippen LogP contribution in [-0.2, 0) is 0 Å². The molecule has 0 aliphatic rings. The summed E-state index contributed by atoms with van der Waals surface area (Å²) in [6.07, 6.45) is 0.754. The molecule has 18 heavy (non-hydrogen) atoms. The third-order valence-corrected chi connectivity index (χ3v) is 3.18. The van der Waals surface area contributed by atoms with Crippen LogP contribution in [0.2, 0.25) is 0 Å². The fourth-order valence-corrected chi connectivity index (χ4v) is 2.31. The first-order valence-electron chi connectivity index (χ1n) is 6.23. The van der Waals surface area contributed by atoms with E-state index in [0.29, 0.717) is 6.54 Å². The zero-order chi connectivity index (χ0) is 13.0. The van der Waals surface area contributed by atoms with Gasteiger partial charge in [0.15, 0.2) is 0 Å². The van der Waals surface area contributed by atoms with Crippen LogP contribution in [0, 0.1) is 12.7 Å². The summed E-state index contributed by atoms with van der Waals surface area (Å²) in [4.78, 5) is 0. The van der Waals surface area contributed by atoms with Gasteiger partial charge in [-0.1, -0.05) is 48.0 Å². The summed E-state index contributed by atoms with van der Waals surface area (Å²) in [6, 6.07) is 15.1. The van der Waals surface area contributed by atoms with E-state index in [1.54, 1.807) is 6.07 Å². The molecule has 1 nitrogen and oxygen atoms in total. The SMILES string of the molecule is Cc1cccc(C(CCN)c2ccccc2F)c1. The van der Waals surface area contributed by atoms with Gasteiger partial charge >= 0.3 is 0 Å². The van der Waals surface area contributed by atoms with Gasteiger partial charge in [-0.2, -0.15) is 0 Å². The lowest BCUT2D eigenvalue weighted by atomic mass is 9.87. The first-order chi connectivity index (χ1) is 8.72. The number of hydrogen-bond donors (Lipinski definition) is 1. The van der Waals surface area contributed by atoms with Crippen molar-refractivity contribution < 1.29 is 4.39 Å². The van der Waals surface area contributed by atoms with Crippen LogP contribution in [0.4, 0.5) is 4.39 Å². The summed E-state index contributed by atoms with van der Waals surface area (Å²) in [7, 11) is 0. The normalized spacial score (nSPS) is 12.4. The van der Waals surface area contributed by atoms with Crippen LogP contribution in [-0.4, -0.2) is 6.54 Å². The molecule has 2 N–H and O–H groups in total. The average Bonchev–Trinajstić information content (AvgIpc) is 2.37. The molecule has 0 saturated carbocycles. The molecule has 2 rings (SSSR count). The lowest BCUT2D eigenvalue weighted by molar-refractivity contribution is 0.587. The van der Waals surface area contributed by atoms with Gasteiger partial charge in [0.2, 0.25) is 0 Å². The molecule has 2 aromatic carbocycles. The van der Waals surface area contributed by atoms with Crippen molar-refractivity contribution in [3.63, 3.8) is 0 Å². The van der Waals surface area contributed by atoms with Gasteiger partial charge in [0.1, 0.15) is 5.82 Å². The van der Waals surface area contributed by atoms with Gasteiger partial charge in [-0.05, 0) is 37.1 Å². The van der Waals surface area contributed by atoms with Crippen LogP contribution in [0.25, 0.3) is 0 Å². The molecule has 0 aliphatic heterocycles. The summed E-state index contributed by atoms with van der Waals surface area (Å²) in [5.74, 6) is -0.117. The minimum Gasteiger partial charge on any atom is -0.330 e. The van der Waals surface area contributed by atoms with Gasteiger partial charge in [-0.3, -0.25) is 0 Å². The van der Waals surface area contributed by atoms with Crippen molar-refractivity contribution in [2.75, 3.05) is 6.54 Å². The molecule has 2 aromatic rings. The predicted molar refractivity (Wildman–Crippen MR) is 73.1 cm³/mol. The van der Waals surface area contributed by atoms with Crippen molar-refractivity contribution in [2.24, 2.45) is 5.73 Å². The summed E-state index contributed by atoms with van der Waals surface area (Å²) in [5, 5.41) is 0. The maximum Gasteiger partial charge on any atom is 0.127 e. The lowest BCUT2D eigenvalue weighted by Gasteiger charge is -2.18. The van der Waals surface area contributed by atoms with E-state index in [2.05, 4.69) is 6.07 Å². The van der Waals surface area contributed by atoms with E-state index in [0.717, 1.165) is 17.5 Å². The van der Waals surface area contributed by atoms with Crippen LogP contribution in [0.3, 0.4) is 0 Å². The van der Waals surface area contributed by atoms with Crippen LogP contribution in [0.15, 0.2) is 48.5 Å². The van der Waals surface area contributed by atoms with Crippen molar-refractivity contribution in [1.29, 1.82) is 0 Å². The molecule has 0 spiro atoms. The van der Waals surface area contributed by atoms with E-state index in [4.69, 9.17) is 5.73 Å². The number of nitrogens with two attached hydrogens (primary N) is 1. The number of hydrogen-bond acceptors (Lipinski definition) is 1. The Morgan fingerprint density at radius 2 is 1.89 bits per heavy atom. The predicted octanol–water partition coefficient (Wildman–Crippen LogP) is 3.61. The van der Waals surface area contributed by atoms with Gasteiger partial charge in [-0.15, -0.1) is 0 Å². The molecule has 0 aromatic heterocycles. The Morgan fingerprint density at radius 1 is 1.11 bits per heavy atom. The molecule has 0 aliphatic carbocycles. The van der Waals surface area contributed by atoms with E-state index in [1.807, 2.05) is 37.3 Å². The van der Waals surface area contributed by atoms with Gasteiger partial charge in [0.05, 0.1) is 0 Å². The smallest absolute Gasteiger partial charge is 0.127 e. The molecule has 0 heterocycles. The van der Waals surface area contributed by atoms with Crippen molar-refractivity contribution in [2.45, 2.75) is 19.3 Å². The highest BCUT2D eigenvalue weighted by Gasteiger charge is 2.16. The Morgan fingerprint density at radius 3 is 2.56 bits per heavy atom. The summed E-state index contributed by atoms with van der Waals surface area (Å²) < 4.78 is 13.9. The second-order valence-electron chi connectivity index (χ2n) is 4.57. The standard InChI is InChI=1S/C16H18FN/c1-12-5-4-6-13(11-12)14(9-10-18)15-7-2-3-8-16(15)17/h2-8,11,14H,9-10,18H2,1H3. The average molecular weight is 243 g/mol. The molecule has 0 fully saturated rings. The largest absolute Gasteiger partial charge is 0.330 e. The van der Waals surface area contributed by atoms with Gasteiger partial charge in [0, 0.05) is 5.92 Å². The first-order valence-corrected chi connectivity index (χ1v) is 6.23. The molecule has 0 bridgehead atoms. The van der Waals surface area contributed by atoms with E-state index < -0.39 is 0 Å². The molecule has 0 radical (unpaired) electrons. The van der Waals surface area contributed by atoms with Crippen LogP contribution in [0.1, 0.15) is 29.0 Å². The molecular weight excluding hydrogens is 225 g/mol. The van der Waals surface area contributed by atoms with Crippen molar-refractivity contribution in [3.8, 4) is 0 Å². The fourth-order valence-electron chi connectivity index (χ4n) is 2.31. The van der Waals surface area contributed by atoms with Crippen molar-refractivity contribution >= 4 is 0 Å². The maximum atomic E-state index is 13.9. The fraction of sp³-hybridized carbons (Fsp3) is 0.250. The van der Waals surface area contributed by atoms with Crippen molar-refractivity contribution in [3.05, 3.63) is 71.0 Å². The van der Waals surface area contributed by atoms with Crippen LogP contribution in [0.5, 0.6) is 0 Å². The minimum atomic E-state index is -0.155. The van der Waals surface area contributed by atoms with E-state index in [1.165, 1.54) is 11.6 Å². The summed E-state index contributed by atoms with van der Waals surface area (Å²) in [6.45, 7) is 2.59. The zero-order valence-corrected chi connectivity index (χ0v) is 10.6. The Hall–Kier alpha value is -1.67. The monoisotopic (exact) mass is 243 g/mol. The Balaban J connectivity index is 2.43. The summed E-state index contributed by atoms with van der Waals surface area (Å²) in [5.41, 5.74) is 8.72. The van der Waals surface area contributed by atoms with Gasteiger partial charge < -0.3 is 5.73 Å². The first kappa shape index (κ1) is 12.8. The minimum absolute atomic E-state index is 0.0381. The molecule has 94 valence electrons. The van der Waals surface area contributed by atoms with Gasteiger partial charge in [0.25, 0.3) is 0 Å². The highest BCUT2D eigenvalue weighted by molar-refractivity contribution is 5.35. The van der Waals surface area contributed by atoms with Gasteiger partial charge in [-0.25, -0.2) is 4.39 Å². The number of benzene rings is 2. The molecule has 1 atom stereocenters. The third kappa shape index (κ3) is 2.77. The van der Waals surface area contributed by atoms with Crippen LogP contribution >= 0.6 is 0 Å². The topological polar surface area (TPSA) is 26.0 Å². The lowest BCUT2D eigenvalue weighted by Crippen LogP contribution is -2.10. The molecule has 0 amide bonds. The molecule has 0 saturated heterocycles. The van der Waals surface area contributed by atoms with E-state index >= 15 is 0 Å². The Bertz CT molecular complexity index is 522. The molecular formula is C16H18FN. The third-order valence-electron chi connectivity index (χ3n) is 3.18. The summed E-state index contributed by atoms with van der Waals surface area (Å²) >= 11 is 0. The van der Waals surface area contributed by atoms with Crippen molar-refractivity contribution in [1.82, 2.24) is 0 Å². The highest BCUT2D eigenvalue weighted by Crippen LogP contribution is 2.29. The highest BCUT2D eigenvalue weighted by atomic mass is 19.1. The van der Waals surface area contributed by atoms with E-state index in [-0.39, 0.29) is 11.7 Å². The number of rotatable bonds is 4.